The molecule has 1 saturated carbocycles. The van der Waals surface area contributed by atoms with Crippen LogP contribution in [0.25, 0.3) is 0 Å². The normalized spacial score (nSPS) is 16.4. The molecular weight excluding hydrogens is 270 g/mol. The summed E-state index contributed by atoms with van der Waals surface area (Å²) in [4.78, 5) is 15.7. The fourth-order valence-electron chi connectivity index (χ4n) is 2.15. The number of aromatic nitrogens is 1. The van der Waals surface area contributed by atoms with Gasteiger partial charge >= 0.3 is 5.97 Å². The summed E-state index contributed by atoms with van der Waals surface area (Å²) in [6.45, 7) is 0. The quantitative estimate of drug-likeness (QED) is 0.782. The van der Waals surface area contributed by atoms with Crippen molar-refractivity contribution in [1.29, 1.82) is 0 Å². The monoisotopic (exact) mass is 283 g/mol. The molecule has 0 saturated heterocycles. The minimum atomic E-state index is -0.350. The summed E-state index contributed by atoms with van der Waals surface area (Å²) in [6, 6.07) is 1.95. The van der Waals surface area contributed by atoms with Crippen LogP contribution in [-0.4, -0.2) is 18.1 Å². The molecule has 1 aliphatic carbocycles. The molecule has 86 valence electrons. The Morgan fingerprint density at radius 3 is 2.75 bits per heavy atom. The van der Waals surface area contributed by atoms with E-state index in [0.717, 1.165) is 10.2 Å². The summed E-state index contributed by atoms with van der Waals surface area (Å²) < 4.78 is 5.45. The zero-order chi connectivity index (χ0) is 11.5. The van der Waals surface area contributed by atoms with Gasteiger partial charge in [0.05, 0.1) is 12.7 Å². The van der Waals surface area contributed by atoms with Crippen LogP contribution in [0.1, 0.15) is 47.7 Å². The molecule has 1 aromatic rings. The van der Waals surface area contributed by atoms with Gasteiger partial charge in [0.25, 0.3) is 0 Å². The molecule has 1 aliphatic rings. The van der Waals surface area contributed by atoms with Gasteiger partial charge in [-0.1, -0.05) is 12.8 Å². The lowest BCUT2D eigenvalue weighted by Crippen LogP contribution is -2.05. The average Bonchev–Trinajstić information content (AvgIpc) is 2.81. The lowest BCUT2D eigenvalue weighted by molar-refractivity contribution is 0.0599. The summed E-state index contributed by atoms with van der Waals surface area (Å²) in [5.74, 6) is 0.209. The number of pyridine rings is 1. The van der Waals surface area contributed by atoms with Gasteiger partial charge in [0, 0.05) is 22.3 Å². The molecule has 1 aromatic heterocycles. The number of rotatable bonds is 2. The summed E-state index contributed by atoms with van der Waals surface area (Å²) in [5.41, 5.74) is 1.57. The first-order chi connectivity index (χ1) is 7.72. The first-order valence-corrected chi connectivity index (χ1v) is 6.25. The van der Waals surface area contributed by atoms with Crippen molar-refractivity contribution in [1.82, 2.24) is 4.98 Å². The molecule has 3 nitrogen and oxygen atoms in total. The molecule has 16 heavy (non-hydrogen) atoms. The molecule has 0 aromatic carbocycles. The Kier molecular flexibility index (Phi) is 3.59. The summed E-state index contributed by atoms with van der Waals surface area (Å²) in [6.07, 6.45) is 6.57. The Hall–Kier alpha value is -0.900. The van der Waals surface area contributed by atoms with Crippen molar-refractivity contribution in [2.45, 2.75) is 31.6 Å². The fourth-order valence-corrected chi connectivity index (χ4v) is 2.65. The summed E-state index contributed by atoms with van der Waals surface area (Å²) in [7, 11) is 1.37. The van der Waals surface area contributed by atoms with Gasteiger partial charge in [-0.05, 0) is 34.8 Å². The van der Waals surface area contributed by atoms with Crippen LogP contribution in [0, 0.1) is 0 Å². The number of hydrogen-bond acceptors (Lipinski definition) is 3. The van der Waals surface area contributed by atoms with Gasteiger partial charge in [0.15, 0.2) is 0 Å². The van der Waals surface area contributed by atoms with E-state index in [2.05, 4.69) is 25.7 Å². The van der Waals surface area contributed by atoms with Crippen molar-refractivity contribution in [3.63, 3.8) is 0 Å². The lowest BCUT2D eigenvalue weighted by Gasteiger charge is -2.10. The zero-order valence-electron chi connectivity index (χ0n) is 9.20. The van der Waals surface area contributed by atoms with Gasteiger partial charge in [0.1, 0.15) is 0 Å². The Labute approximate surface area is 103 Å². The third-order valence-corrected chi connectivity index (χ3v) is 3.71. The molecule has 0 unspecified atom stereocenters. The average molecular weight is 284 g/mol. The molecule has 0 amide bonds. The number of hydrogen-bond donors (Lipinski definition) is 0. The van der Waals surface area contributed by atoms with Crippen molar-refractivity contribution in [2.75, 3.05) is 7.11 Å². The van der Waals surface area contributed by atoms with E-state index in [0.29, 0.717) is 11.5 Å². The lowest BCUT2D eigenvalue weighted by atomic mass is 10.0. The molecule has 0 aliphatic heterocycles. The predicted molar refractivity (Wildman–Crippen MR) is 64.5 cm³/mol. The maximum atomic E-state index is 11.4. The molecule has 1 fully saturated rings. The van der Waals surface area contributed by atoms with E-state index in [-0.39, 0.29) is 5.97 Å². The molecule has 4 heteroatoms. The number of carbonyl (C=O) groups is 1. The smallest absolute Gasteiger partial charge is 0.340 e. The minimum absolute atomic E-state index is 0.350. The van der Waals surface area contributed by atoms with Crippen molar-refractivity contribution in [2.24, 2.45) is 0 Å². The van der Waals surface area contributed by atoms with E-state index < -0.39 is 0 Å². The van der Waals surface area contributed by atoms with Crippen LogP contribution in [0.3, 0.4) is 0 Å². The van der Waals surface area contributed by atoms with Crippen LogP contribution in [-0.2, 0) is 4.74 Å². The van der Waals surface area contributed by atoms with Gasteiger partial charge in [-0.2, -0.15) is 0 Å². The molecule has 0 radical (unpaired) electrons. The van der Waals surface area contributed by atoms with Crippen molar-refractivity contribution >= 4 is 21.9 Å². The van der Waals surface area contributed by atoms with Gasteiger partial charge in [-0.3, -0.25) is 4.98 Å². The number of carbonyl (C=O) groups excluding carboxylic acids is 1. The number of nitrogens with zero attached hydrogens (tertiary/aromatic N) is 1. The second-order valence-corrected chi connectivity index (χ2v) is 4.92. The largest absolute Gasteiger partial charge is 0.465 e. The van der Waals surface area contributed by atoms with E-state index in [1.165, 1.54) is 32.8 Å². The zero-order valence-corrected chi connectivity index (χ0v) is 10.8. The van der Waals surface area contributed by atoms with Crippen LogP contribution in [0.15, 0.2) is 16.7 Å². The van der Waals surface area contributed by atoms with Crippen LogP contribution < -0.4 is 0 Å². The number of halogens is 1. The second-order valence-electron chi connectivity index (χ2n) is 4.06. The highest BCUT2D eigenvalue weighted by atomic mass is 79.9. The Morgan fingerprint density at radius 1 is 1.50 bits per heavy atom. The highest BCUT2D eigenvalue weighted by molar-refractivity contribution is 9.10. The van der Waals surface area contributed by atoms with E-state index in [1.54, 1.807) is 6.20 Å². The predicted octanol–water partition coefficient (Wildman–Crippen LogP) is 3.29. The third kappa shape index (κ3) is 2.26. The molecular formula is C12H14BrNO2. The van der Waals surface area contributed by atoms with Crippen LogP contribution in [0.5, 0.6) is 0 Å². The first-order valence-electron chi connectivity index (χ1n) is 5.46. The molecule has 2 rings (SSSR count). The van der Waals surface area contributed by atoms with Crippen LogP contribution >= 0.6 is 15.9 Å². The van der Waals surface area contributed by atoms with Gasteiger partial charge < -0.3 is 4.74 Å². The Balaban J connectivity index is 2.25. The second kappa shape index (κ2) is 4.95. The van der Waals surface area contributed by atoms with Crippen LogP contribution in [0.2, 0.25) is 0 Å². The molecule has 0 atom stereocenters. The Bertz CT molecular complexity index is 400. The van der Waals surface area contributed by atoms with E-state index in [9.17, 15) is 4.79 Å². The highest BCUT2D eigenvalue weighted by Crippen LogP contribution is 2.34. The summed E-state index contributed by atoms with van der Waals surface area (Å²) in [5, 5.41) is 0. The molecule has 0 spiro atoms. The topological polar surface area (TPSA) is 39.2 Å². The van der Waals surface area contributed by atoms with Gasteiger partial charge in [-0.25, -0.2) is 4.79 Å². The minimum Gasteiger partial charge on any atom is -0.465 e. The molecule has 0 bridgehead atoms. The first kappa shape index (κ1) is 11.6. The van der Waals surface area contributed by atoms with Crippen LogP contribution in [0.4, 0.5) is 0 Å². The van der Waals surface area contributed by atoms with Gasteiger partial charge in [-0.15, -0.1) is 0 Å². The molecule has 1 heterocycles. The summed E-state index contributed by atoms with van der Waals surface area (Å²) >= 11 is 3.39. The number of methoxy groups -OCH3 is 1. The Morgan fingerprint density at radius 2 is 2.19 bits per heavy atom. The third-order valence-electron chi connectivity index (χ3n) is 3.05. The molecule has 0 N–H and O–H groups in total. The number of ether oxygens (including phenoxy) is 1. The van der Waals surface area contributed by atoms with Crippen molar-refractivity contribution in [3.8, 4) is 0 Å². The van der Waals surface area contributed by atoms with E-state index in [4.69, 9.17) is 0 Å². The van der Waals surface area contributed by atoms with Crippen molar-refractivity contribution in [3.05, 3.63) is 28.0 Å². The highest BCUT2D eigenvalue weighted by Gasteiger charge is 2.20. The maximum absolute atomic E-state index is 11.4. The van der Waals surface area contributed by atoms with Gasteiger partial charge in [0.2, 0.25) is 0 Å². The SMILES string of the molecule is COC(=O)c1cnc(C2CCCC2)cc1Br. The fraction of sp³-hybridized carbons (Fsp3) is 0.500. The maximum Gasteiger partial charge on any atom is 0.340 e. The van der Waals surface area contributed by atoms with E-state index in [1.807, 2.05) is 6.07 Å². The standard InChI is InChI=1S/C12H14BrNO2/c1-16-12(15)9-7-14-11(6-10(9)13)8-4-2-3-5-8/h6-8H,2-5H2,1H3. The number of esters is 1. The van der Waals surface area contributed by atoms with E-state index >= 15 is 0 Å². The van der Waals surface area contributed by atoms with Crippen molar-refractivity contribution < 1.29 is 9.53 Å².